The quantitative estimate of drug-likeness (QED) is 0.507. The van der Waals surface area contributed by atoms with E-state index < -0.39 is 0 Å². The van der Waals surface area contributed by atoms with E-state index in [4.69, 9.17) is 4.74 Å². The van der Waals surface area contributed by atoms with Gasteiger partial charge in [0.25, 0.3) is 5.91 Å². The second kappa shape index (κ2) is 10.3. The highest BCUT2D eigenvalue weighted by Crippen LogP contribution is 2.28. The number of anilines is 2. The van der Waals surface area contributed by atoms with Gasteiger partial charge in [0.05, 0.1) is 29.2 Å². The van der Waals surface area contributed by atoms with Gasteiger partial charge in [-0.15, -0.1) is 0 Å². The van der Waals surface area contributed by atoms with E-state index >= 15 is 0 Å². The first-order chi connectivity index (χ1) is 14.1. The number of carbonyl (C=O) groups is 1. The molecule has 2 aromatic carbocycles. The summed E-state index contributed by atoms with van der Waals surface area (Å²) in [6, 6.07) is 19.8. The molecule has 5 heteroatoms. The molecule has 29 heavy (non-hydrogen) atoms. The SMILES string of the molecule is CC(C)Oc1ccccc1Nc1cncc(C(=O)NCCCc2ccccc2)c1. The van der Waals surface area contributed by atoms with Gasteiger partial charge in [0, 0.05) is 12.7 Å². The fourth-order valence-corrected chi connectivity index (χ4v) is 2.96. The summed E-state index contributed by atoms with van der Waals surface area (Å²) in [4.78, 5) is 16.7. The molecule has 1 aromatic heterocycles. The van der Waals surface area contributed by atoms with E-state index in [0.717, 1.165) is 30.0 Å². The van der Waals surface area contributed by atoms with E-state index in [0.29, 0.717) is 12.1 Å². The van der Waals surface area contributed by atoms with E-state index in [-0.39, 0.29) is 12.0 Å². The van der Waals surface area contributed by atoms with Crippen LogP contribution in [0.1, 0.15) is 36.2 Å². The molecule has 0 aliphatic heterocycles. The number of benzene rings is 2. The molecule has 3 aromatic rings. The number of rotatable bonds is 9. The number of hydrogen-bond donors (Lipinski definition) is 2. The Hall–Kier alpha value is -3.34. The van der Waals surface area contributed by atoms with Crippen molar-refractivity contribution in [2.75, 3.05) is 11.9 Å². The van der Waals surface area contributed by atoms with Crippen LogP contribution in [-0.4, -0.2) is 23.5 Å². The van der Waals surface area contributed by atoms with E-state index in [2.05, 4.69) is 27.8 Å². The van der Waals surface area contributed by atoms with Crippen LogP contribution in [0.5, 0.6) is 5.75 Å². The molecule has 0 saturated heterocycles. The molecule has 0 unspecified atom stereocenters. The Balaban J connectivity index is 1.57. The van der Waals surface area contributed by atoms with Gasteiger partial charge in [0.15, 0.2) is 0 Å². The van der Waals surface area contributed by atoms with Gasteiger partial charge in [0.1, 0.15) is 5.75 Å². The molecule has 0 aliphatic carbocycles. The standard InChI is InChI=1S/C24H27N3O2/c1-18(2)29-23-13-7-6-12-22(23)27-21-15-20(16-25-17-21)24(28)26-14-8-11-19-9-4-3-5-10-19/h3-7,9-10,12-13,15-18,27H,8,11,14H2,1-2H3,(H,26,28). The summed E-state index contributed by atoms with van der Waals surface area (Å²) in [5, 5.41) is 6.26. The Labute approximate surface area is 172 Å². The van der Waals surface area contributed by atoms with Crippen molar-refractivity contribution in [3.8, 4) is 5.75 Å². The Morgan fingerprint density at radius 2 is 1.79 bits per heavy atom. The lowest BCUT2D eigenvalue weighted by Crippen LogP contribution is -2.25. The van der Waals surface area contributed by atoms with Crippen molar-refractivity contribution >= 4 is 17.3 Å². The summed E-state index contributed by atoms with van der Waals surface area (Å²) in [7, 11) is 0. The summed E-state index contributed by atoms with van der Waals surface area (Å²) in [6.07, 6.45) is 5.17. The first-order valence-corrected chi connectivity index (χ1v) is 9.91. The van der Waals surface area contributed by atoms with Crippen LogP contribution < -0.4 is 15.4 Å². The molecule has 0 radical (unpaired) electrons. The van der Waals surface area contributed by atoms with E-state index in [1.807, 2.05) is 56.3 Å². The third-order valence-electron chi connectivity index (χ3n) is 4.30. The molecule has 3 rings (SSSR count). The topological polar surface area (TPSA) is 63.2 Å². The number of aromatic nitrogens is 1. The summed E-state index contributed by atoms with van der Waals surface area (Å²) in [6.45, 7) is 4.60. The maximum atomic E-state index is 12.5. The van der Waals surface area contributed by atoms with Crippen LogP contribution in [0.3, 0.4) is 0 Å². The van der Waals surface area contributed by atoms with Gasteiger partial charge in [-0.05, 0) is 50.5 Å². The number of aryl methyl sites for hydroxylation is 1. The normalized spacial score (nSPS) is 10.6. The van der Waals surface area contributed by atoms with Crippen molar-refractivity contribution in [3.63, 3.8) is 0 Å². The Kier molecular flexibility index (Phi) is 7.22. The number of amides is 1. The first kappa shape index (κ1) is 20.4. The van der Waals surface area contributed by atoms with Gasteiger partial charge < -0.3 is 15.4 Å². The summed E-state index contributed by atoms with van der Waals surface area (Å²) in [5.74, 6) is 0.638. The van der Waals surface area contributed by atoms with Gasteiger partial charge in [-0.3, -0.25) is 9.78 Å². The lowest BCUT2D eigenvalue weighted by atomic mass is 10.1. The largest absolute Gasteiger partial charge is 0.489 e. The van der Waals surface area contributed by atoms with Crippen molar-refractivity contribution < 1.29 is 9.53 Å². The fourth-order valence-electron chi connectivity index (χ4n) is 2.96. The number of para-hydroxylation sites is 2. The number of nitrogens with zero attached hydrogens (tertiary/aromatic N) is 1. The monoisotopic (exact) mass is 389 g/mol. The van der Waals surface area contributed by atoms with Crippen LogP contribution in [0.15, 0.2) is 73.1 Å². The molecule has 2 N–H and O–H groups in total. The van der Waals surface area contributed by atoms with E-state index in [1.165, 1.54) is 5.56 Å². The van der Waals surface area contributed by atoms with Crippen LogP contribution in [0.25, 0.3) is 0 Å². The minimum atomic E-state index is -0.124. The molecule has 0 aliphatic rings. The van der Waals surface area contributed by atoms with Crippen LogP contribution in [0.2, 0.25) is 0 Å². The van der Waals surface area contributed by atoms with E-state index in [9.17, 15) is 4.79 Å². The predicted octanol–water partition coefficient (Wildman–Crippen LogP) is 4.98. The highest BCUT2D eigenvalue weighted by atomic mass is 16.5. The first-order valence-electron chi connectivity index (χ1n) is 9.91. The minimum absolute atomic E-state index is 0.0732. The van der Waals surface area contributed by atoms with Gasteiger partial charge in [-0.1, -0.05) is 42.5 Å². The number of ether oxygens (including phenoxy) is 1. The Morgan fingerprint density at radius 3 is 2.59 bits per heavy atom. The fraction of sp³-hybridized carbons (Fsp3) is 0.250. The molecule has 0 bridgehead atoms. The zero-order chi connectivity index (χ0) is 20.5. The minimum Gasteiger partial charge on any atom is -0.489 e. The van der Waals surface area contributed by atoms with Crippen LogP contribution in [-0.2, 0) is 6.42 Å². The third kappa shape index (κ3) is 6.35. The van der Waals surface area contributed by atoms with Crippen molar-refractivity contribution in [1.29, 1.82) is 0 Å². The van der Waals surface area contributed by atoms with Crippen molar-refractivity contribution in [1.82, 2.24) is 10.3 Å². The number of carbonyl (C=O) groups excluding carboxylic acids is 1. The molecule has 1 heterocycles. The lowest BCUT2D eigenvalue weighted by molar-refractivity contribution is 0.0953. The van der Waals surface area contributed by atoms with Crippen molar-refractivity contribution in [2.24, 2.45) is 0 Å². The van der Waals surface area contributed by atoms with Gasteiger partial charge in [0.2, 0.25) is 0 Å². The number of hydrogen-bond acceptors (Lipinski definition) is 4. The van der Waals surface area contributed by atoms with Crippen molar-refractivity contribution in [2.45, 2.75) is 32.8 Å². The molecule has 0 fully saturated rings. The second-order valence-electron chi connectivity index (χ2n) is 7.10. The maximum absolute atomic E-state index is 12.5. The van der Waals surface area contributed by atoms with Crippen LogP contribution in [0, 0.1) is 0 Å². The molecule has 150 valence electrons. The molecule has 1 amide bonds. The van der Waals surface area contributed by atoms with Gasteiger partial charge >= 0.3 is 0 Å². The molecule has 0 spiro atoms. The zero-order valence-corrected chi connectivity index (χ0v) is 16.9. The maximum Gasteiger partial charge on any atom is 0.252 e. The third-order valence-corrected chi connectivity index (χ3v) is 4.30. The summed E-state index contributed by atoms with van der Waals surface area (Å²) >= 11 is 0. The average molecular weight is 389 g/mol. The average Bonchev–Trinajstić information content (AvgIpc) is 2.73. The van der Waals surface area contributed by atoms with Crippen molar-refractivity contribution in [3.05, 3.63) is 84.2 Å². The molecular weight excluding hydrogens is 362 g/mol. The zero-order valence-electron chi connectivity index (χ0n) is 16.9. The van der Waals surface area contributed by atoms with Gasteiger partial charge in [-0.2, -0.15) is 0 Å². The Bertz CT molecular complexity index is 926. The summed E-state index contributed by atoms with van der Waals surface area (Å²) in [5.41, 5.74) is 3.37. The number of pyridine rings is 1. The van der Waals surface area contributed by atoms with Crippen LogP contribution in [0.4, 0.5) is 11.4 Å². The second-order valence-corrected chi connectivity index (χ2v) is 7.10. The molecule has 0 atom stereocenters. The molecule has 5 nitrogen and oxygen atoms in total. The molecular formula is C24H27N3O2. The van der Waals surface area contributed by atoms with Gasteiger partial charge in [-0.25, -0.2) is 0 Å². The summed E-state index contributed by atoms with van der Waals surface area (Å²) < 4.78 is 5.83. The predicted molar refractivity (Wildman–Crippen MR) is 117 cm³/mol. The number of nitrogens with one attached hydrogen (secondary N) is 2. The van der Waals surface area contributed by atoms with E-state index in [1.54, 1.807) is 18.5 Å². The Morgan fingerprint density at radius 1 is 1.03 bits per heavy atom. The molecule has 0 saturated carbocycles. The highest BCUT2D eigenvalue weighted by molar-refractivity contribution is 5.94. The smallest absolute Gasteiger partial charge is 0.252 e. The van der Waals surface area contributed by atoms with Crippen LogP contribution >= 0.6 is 0 Å². The lowest BCUT2D eigenvalue weighted by Gasteiger charge is -2.15. The highest BCUT2D eigenvalue weighted by Gasteiger charge is 2.09.